The number of amides is 1. The van der Waals surface area contributed by atoms with Crippen molar-refractivity contribution in [1.82, 2.24) is 9.88 Å². The lowest BCUT2D eigenvalue weighted by atomic mass is 9.91. The van der Waals surface area contributed by atoms with Gasteiger partial charge in [0.25, 0.3) is 5.91 Å². The average Bonchev–Trinajstić information content (AvgIpc) is 2.88. The summed E-state index contributed by atoms with van der Waals surface area (Å²) in [6, 6.07) is 8.72. The molecule has 1 N–H and O–H groups in total. The maximum atomic E-state index is 12.8. The zero-order valence-electron chi connectivity index (χ0n) is 12.9. The van der Waals surface area contributed by atoms with E-state index < -0.39 is 0 Å². The van der Waals surface area contributed by atoms with Gasteiger partial charge in [0.1, 0.15) is 0 Å². The number of hydrogen-bond acceptors (Lipinski definition) is 3. The van der Waals surface area contributed by atoms with Crippen molar-refractivity contribution in [1.29, 1.82) is 0 Å². The molecule has 2 heterocycles. The summed E-state index contributed by atoms with van der Waals surface area (Å²) in [6.07, 6.45) is 0.924. The van der Waals surface area contributed by atoms with Crippen molar-refractivity contribution in [3.05, 3.63) is 46.2 Å². The number of likely N-dealkylation sites (tertiary alicyclic amines) is 1. The summed E-state index contributed by atoms with van der Waals surface area (Å²) in [5, 5.41) is 0.865. The second-order valence-electron chi connectivity index (χ2n) is 6.31. The summed E-state index contributed by atoms with van der Waals surface area (Å²) in [7, 11) is 1.69. The Morgan fingerprint density at radius 2 is 2.18 bits per heavy atom. The highest BCUT2D eigenvalue weighted by atomic mass is 16.5. The molecule has 0 aliphatic carbocycles. The minimum absolute atomic E-state index is 0.00238. The fraction of sp³-hybridized carbons (Fsp3) is 0.412. The Morgan fingerprint density at radius 3 is 2.95 bits per heavy atom. The van der Waals surface area contributed by atoms with Crippen molar-refractivity contribution < 1.29 is 9.53 Å². The molecule has 1 aliphatic heterocycles. The first-order valence-corrected chi connectivity index (χ1v) is 7.43. The molecule has 5 nitrogen and oxygen atoms in total. The predicted octanol–water partition coefficient (Wildman–Crippen LogP) is 2.03. The van der Waals surface area contributed by atoms with Gasteiger partial charge in [0, 0.05) is 31.7 Å². The van der Waals surface area contributed by atoms with E-state index in [1.165, 1.54) is 6.07 Å². The van der Waals surface area contributed by atoms with E-state index >= 15 is 0 Å². The summed E-state index contributed by atoms with van der Waals surface area (Å²) >= 11 is 0. The topological polar surface area (TPSA) is 62.4 Å². The van der Waals surface area contributed by atoms with Gasteiger partial charge in [0.05, 0.1) is 17.7 Å². The van der Waals surface area contributed by atoms with Crippen LogP contribution in [0.2, 0.25) is 0 Å². The SMILES string of the molecule is COCC1(C)CCN(C(=O)c2cccc3ccc(=O)[nH]c23)C1. The lowest BCUT2D eigenvalue weighted by Crippen LogP contribution is -2.33. The molecule has 0 spiro atoms. The van der Waals surface area contributed by atoms with Gasteiger partial charge in [-0.25, -0.2) is 0 Å². The second kappa shape index (κ2) is 5.57. The zero-order chi connectivity index (χ0) is 15.7. The first-order chi connectivity index (χ1) is 10.5. The molecule has 1 fully saturated rings. The van der Waals surface area contributed by atoms with Crippen LogP contribution in [0.15, 0.2) is 35.1 Å². The lowest BCUT2D eigenvalue weighted by molar-refractivity contribution is 0.0711. The molecule has 1 amide bonds. The highest BCUT2D eigenvalue weighted by Crippen LogP contribution is 2.31. The van der Waals surface area contributed by atoms with Gasteiger partial charge in [-0.15, -0.1) is 0 Å². The Kier molecular flexibility index (Phi) is 3.74. The summed E-state index contributed by atoms with van der Waals surface area (Å²) in [4.78, 5) is 29.0. The molecule has 3 rings (SSSR count). The Labute approximate surface area is 128 Å². The molecular formula is C17H20N2O3. The second-order valence-corrected chi connectivity index (χ2v) is 6.31. The van der Waals surface area contributed by atoms with Gasteiger partial charge < -0.3 is 14.6 Å². The zero-order valence-corrected chi connectivity index (χ0v) is 12.9. The van der Waals surface area contributed by atoms with Crippen molar-refractivity contribution in [3.63, 3.8) is 0 Å². The van der Waals surface area contributed by atoms with E-state index in [-0.39, 0.29) is 16.9 Å². The van der Waals surface area contributed by atoms with Crippen molar-refractivity contribution >= 4 is 16.8 Å². The van der Waals surface area contributed by atoms with Gasteiger partial charge >= 0.3 is 0 Å². The minimum Gasteiger partial charge on any atom is -0.384 e. The molecule has 1 saturated heterocycles. The number of H-pyrrole nitrogens is 1. The van der Waals surface area contributed by atoms with Gasteiger partial charge in [0.2, 0.25) is 5.56 Å². The van der Waals surface area contributed by atoms with Crippen molar-refractivity contribution in [3.8, 4) is 0 Å². The number of nitrogens with one attached hydrogen (secondary N) is 1. The monoisotopic (exact) mass is 300 g/mol. The van der Waals surface area contributed by atoms with Crippen molar-refractivity contribution in [2.24, 2.45) is 5.41 Å². The number of para-hydroxylation sites is 1. The summed E-state index contributed by atoms with van der Waals surface area (Å²) < 4.78 is 5.26. The van der Waals surface area contributed by atoms with Crippen LogP contribution in [0.25, 0.3) is 10.9 Å². The molecule has 1 atom stereocenters. The van der Waals surface area contributed by atoms with Crippen molar-refractivity contribution in [2.45, 2.75) is 13.3 Å². The van der Waals surface area contributed by atoms with Crippen LogP contribution in [0.4, 0.5) is 0 Å². The number of nitrogens with zero attached hydrogens (tertiary/aromatic N) is 1. The number of aromatic amines is 1. The van der Waals surface area contributed by atoms with Crippen LogP contribution in [0, 0.1) is 5.41 Å². The number of pyridine rings is 1. The van der Waals surface area contributed by atoms with Gasteiger partial charge in [-0.05, 0) is 23.9 Å². The number of methoxy groups -OCH3 is 1. The third-order valence-corrected chi connectivity index (χ3v) is 4.33. The molecule has 1 aromatic carbocycles. The van der Waals surface area contributed by atoms with E-state index in [4.69, 9.17) is 4.74 Å². The molecule has 116 valence electrons. The average molecular weight is 300 g/mol. The van der Waals surface area contributed by atoms with Crippen LogP contribution in [0.1, 0.15) is 23.7 Å². The van der Waals surface area contributed by atoms with Crippen LogP contribution < -0.4 is 5.56 Å². The Bertz CT molecular complexity index is 768. The van der Waals surface area contributed by atoms with Gasteiger partial charge in [-0.1, -0.05) is 19.1 Å². The van der Waals surface area contributed by atoms with Crippen LogP contribution in [0.5, 0.6) is 0 Å². The number of ether oxygens (including phenoxy) is 1. The number of benzene rings is 1. The minimum atomic E-state index is -0.196. The quantitative estimate of drug-likeness (QED) is 0.943. The van der Waals surface area contributed by atoms with E-state index in [9.17, 15) is 9.59 Å². The van der Waals surface area contributed by atoms with E-state index in [2.05, 4.69) is 11.9 Å². The maximum absolute atomic E-state index is 12.8. The van der Waals surface area contributed by atoms with E-state index in [0.717, 1.165) is 11.8 Å². The standard InChI is InChI=1S/C17H20N2O3/c1-17(11-22-2)8-9-19(10-17)16(21)13-5-3-4-12-6-7-14(20)18-15(12)13/h3-7H,8-11H2,1-2H3,(H,18,20). The summed E-state index contributed by atoms with van der Waals surface area (Å²) in [5.41, 5.74) is 0.971. The molecule has 0 bridgehead atoms. The van der Waals surface area contributed by atoms with Gasteiger partial charge in [0.15, 0.2) is 0 Å². The summed E-state index contributed by atoms with van der Waals surface area (Å²) in [6.45, 7) is 4.16. The normalized spacial score (nSPS) is 21.5. The molecule has 1 aromatic heterocycles. The van der Waals surface area contributed by atoms with E-state index in [0.29, 0.717) is 30.8 Å². The van der Waals surface area contributed by atoms with Gasteiger partial charge in [-0.3, -0.25) is 9.59 Å². The molecule has 1 aliphatic rings. The first kappa shape index (κ1) is 14.8. The number of fused-ring (bicyclic) bond motifs is 1. The Hall–Kier alpha value is -2.14. The maximum Gasteiger partial charge on any atom is 0.256 e. The largest absolute Gasteiger partial charge is 0.384 e. The smallest absolute Gasteiger partial charge is 0.256 e. The van der Waals surface area contributed by atoms with E-state index in [1.54, 1.807) is 19.2 Å². The first-order valence-electron chi connectivity index (χ1n) is 7.43. The fourth-order valence-corrected chi connectivity index (χ4v) is 3.19. The van der Waals surface area contributed by atoms with Crippen LogP contribution in [-0.2, 0) is 4.74 Å². The van der Waals surface area contributed by atoms with Gasteiger partial charge in [-0.2, -0.15) is 0 Å². The number of carbonyl (C=O) groups excluding carboxylic acids is 1. The van der Waals surface area contributed by atoms with Crippen LogP contribution >= 0.6 is 0 Å². The Morgan fingerprint density at radius 1 is 1.36 bits per heavy atom. The highest BCUT2D eigenvalue weighted by Gasteiger charge is 2.36. The fourth-order valence-electron chi connectivity index (χ4n) is 3.19. The summed E-state index contributed by atoms with van der Waals surface area (Å²) in [5.74, 6) is -0.0349. The number of hydrogen-bond donors (Lipinski definition) is 1. The third kappa shape index (κ3) is 2.64. The van der Waals surface area contributed by atoms with Crippen molar-refractivity contribution in [2.75, 3.05) is 26.8 Å². The molecule has 5 heteroatoms. The molecular weight excluding hydrogens is 280 g/mol. The molecule has 0 radical (unpaired) electrons. The molecule has 2 aromatic rings. The third-order valence-electron chi connectivity index (χ3n) is 4.33. The number of rotatable bonds is 3. The number of aromatic nitrogens is 1. The predicted molar refractivity (Wildman–Crippen MR) is 85.1 cm³/mol. The lowest BCUT2D eigenvalue weighted by Gasteiger charge is -2.23. The van der Waals surface area contributed by atoms with Crippen LogP contribution in [-0.4, -0.2) is 42.6 Å². The van der Waals surface area contributed by atoms with E-state index in [1.807, 2.05) is 17.0 Å². The molecule has 22 heavy (non-hydrogen) atoms. The number of carbonyl (C=O) groups is 1. The molecule has 0 saturated carbocycles. The van der Waals surface area contributed by atoms with Crippen LogP contribution in [0.3, 0.4) is 0 Å². The highest BCUT2D eigenvalue weighted by molar-refractivity contribution is 6.05. The molecule has 1 unspecified atom stereocenters. The Balaban J connectivity index is 1.93.